The van der Waals surface area contributed by atoms with Crippen molar-refractivity contribution in [3.05, 3.63) is 0 Å². The molecule has 0 fully saturated rings. The first-order valence-corrected chi connectivity index (χ1v) is 18.9. The fraction of sp³-hybridized carbons (Fsp3) is 0.909. The molecule has 4 nitrogen and oxygen atoms in total. The molecule has 0 aromatic heterocycles. The summed E-state index contributed by atoms with van der Waals surface area (Å²) in [6, 6.07) is 0. The maximum absolute atomic E-state index is 10.5. The summed E-state index contributed by atoms with van der Waals surface area (Å²) in [6.45, 7) is 8.12. The zero-order valence-corrected chi connectivity index (χ0v) is 24.1. The van der Waals surface area contributed by atoms with Gasteiger partial charge in [-0.1, -0.05) is 66.2 Å². The van der Waals surface area contributed by atoms with E-state index in [0.717, 1.165) is 24.3 Å². The van der Waals surface area contributed by atoms with E-state index in [1.807, 2.05) is 13.8 Å². The molecule has 2 unspecified atom stereocenters. The average molecular weight is 555 g/mol. The first-order chi connectivity index (χ1) is 13.9. The minimum absolute atomic E-state index is 0.230. The van der Waals surface area contributed by atoms with Gasteiger partial charge in [0.1, 0.15) is 0 Å². The van der Waals surface area contributed by atoms with Crippen LogP contribution >= 0.6 is 23.5 Å². The van der Waals surface area contributed by atoms with E-state index in [4.69, 9.17) is 0 Å². The minimum atomic E-state index is -0.914. The maximum atomic E-state index is 10.5. The number of carbonyl (C=O) groups excluding carboxylic acids is 2. The van der Waals surface area contributed by atoms with Crippen LogP contribution in [-0.4, -0.2) is 55.1 Å². The van der Waals surface area contributed by atoms with Crippen molar-refractivity contribution in [1.82, 2.24) is 0 Å². The van der Waals surface area contributed by atoms with Gasteiger partial charge in [-0.2, -0.15) is 23.5 Å². The predicted molar refractivity (Wildman–Crippen MR) is 129 cm³/mol. The molecule has 0 saturated carbocycles. The zero-order chi connectivity index (χ0) is 22.9. The molecular formula is C22H44O4S2Sn. The van der Waals surface area contributed by atoms with Crippen LogP contribution in [0.25, 0.3) is 0 Å². The van der Waals surface area contributed by atoms with Crippen LogP contribution in [0, 0.1) is 0 Å². The third kappa shape index (κ3) is 28.4. The van der Waals surface area contributed by atoms with Crippen LogP contribution in [0.15, 0.2) is 0 Å². The number of aliphatic carboxylic acids is 2. The van der Waals surface area contributed by atoms with Crippen molar-refractivity contribution in [2.75, 3.05) is 11.5 Å². The fourth-order valence-corrected chi connectivity index (χ4v) is 4.27. The summed E-state index contributed by atoms with van der Waals surface area (Å²) in [5.74, 6) is 0.0740. The summed E-state index contributed by atoms with van der Waals surface area (Å²) < 4.78 is 0. The van der Waals surface area contributed by atoms with Crippen molar-refractivity contribution < 1.29 is 19.8 Å². The number of carboxylic acids is 2. The van der Waals surface area contributed by atoms with Crippen LogP contribution in [0.4, 0.5) is 0 Å². The van der Waals surface area contributed by atoms with Crippen molar-refractivity contribution in [2.45, 2.75) is 112 Å². The van der Waals surface area contributed by atoms with Crippen molar-refractivity contribution in [3.8, 4) is 0 Å². The standard InChI is InChI=1S/2C10H20O2S.2CH3.Sn/c2*1-3-5-6-7-8-13-9(4-2)10(11)12;;;/h2*9H,3-8H2,1-2H3,(H,11,12);2*1H3;/q;;;;+2/p-2. The number of carboxylic acid groups (broad SMARTS) is 2. The van der Waals surface area contributed by atoms with Gasteiger partial charge in [-0.05, 0) is 37.2 Å². The Morgan fingerprint density at radius 2 is 1.00 bits per heavy atom. The van der Waals surface area contributed by atoms with Gasteiger partial charge in [-0.15, -0.1) is 0 Å². The van der Waals surface area contributed by atoms with Crippen molar-refractivity contribution in [1.29, 1.82) is 0 Å². The third-order valence-electron chi connectivity index (χ3n) is 3.90. The molecule has 0 aromatic carbocycles. The van der Waals surface area contributed by atoms with Crippen LogP contribution in [0.5, 0.6) is 0 Å². The molecule has 0 N–H and O–H groups in total. The molecule has 0 spiro atoms. The second-order valence-corrected chi connectivity index (χ2v) is 12.3. The summed E-state index contributed by atoms with van der Waals surface area (Å²) >= 11 is 3.27. The monoisotopic (exact) mass is 556 g/mol. The molecule has 0 radical (unpaired) electrons. The van der Waals surface area contributed by atoms with Gasteiger partial charge in [-0.3, -0.25) is 0 Å². The van der Waals surface area contributed by atoms with E-state index < -0.39 is 11.9 Å². The molecule has 0 aromatic rings. The molecule has 0 heterocycles. The number of rotatable bonds is 16. The third-order valence-corrected chi connectivity index (χ3v) is 6.81. The van der Waals surface area contributed by atoms with Gasteiger partial charge < -0.3 is 19.8 Å². The summed E-state index contributed by atoms with van der Waals surface area (Å²) in [4.78, 5) is 25.6. The molecule has 0 bridgehead atoms. The Morgan fingerprint density at radius 3 is 1.21 bits per heavy atom. The SMILES string of the molecule is CCCCCCSC(CC)C(=O)[O-].CCCCCCSC(CC)C(=O)[O-].[CH3][Sn+2][CH3]. The number of hydrogen-bond donors (Lipinski definition) is 0. The van der Waals surface area contributed by atoms with Gasteiger partial charge in [0.05, 0.1) is 11.9 Å². The van der Waals surface area contributed by atoms with Gasteiger partial charge in [-0.25, -0.2) is 0 Å². The van der Waals surface area contributed by atoms with E-state index >= 15 is 0 Å². The van der Waals surface area contributed by atoms with E-state index in [9.17, 15) is 19.8 Å². The van der Waals surface area contributed by atoms with E-state index in [0.29, 0.717) is 12.8 Å². The molecule has 0 aliphatic carbocycles. The molecule has 0 rings (SSSR count). The van der Waals surface area contributed by atoms with Crippen LogP contribution in [0.2, 0.25) is 9.88 Å². The second-order valence-electron chi connectivity index (χ2n) is 6.79. The van der Waals surface area contributed by atoms with Crippen LogP contribution in [-0.2, 0) is 9.59 Å². The summed E-state index contributed by atoms with van der Waals surface area (Å²) in [5, 5.41) is 20.4. The first-order valence-electron chi connectivity index (χ1n) is 11.1. The second kappa shape index (κ2) is 28.4. The van der Waals surface area contributed by atoms with E-state index in [1.54, 1.807) is 0 Å². The molecule has 7 heteroatoms. The summed E-state index contributed by atoms with van der Waals surface area (Å²) in [7, 11) is 0. The molecule has 2 atom stereocenters. The van der Waals surface area contributed by atoms with Crippen molar-refractivity contribution >= 4 is 56.6 Å². The topological polar surface area (TPSA) is 80.3 Å². The van der Waals surface area contributed by atoms with E-state index in [2.05, 4.69) is 23.7 Å². The van der Waals surface area contributed by atoms with Gasteiger partial charge in [0.2, 0.25) is 0 Å². The molecule has 0 amide bonds. The Balaban J connectivity index is -0.000000410. The molecule has 172 valence electrons. The Hall–Kier alpha value is 0.439. The zero-order valence-electron chi connectivity index (χ0n) is 19.6. The van der Waals surface area contributed by atoms with E-state index in [1.165, 1.54) is 62.0 Å². The quantitative estimate of drug-likeness (QED) is 0.207. The van der Waals surface area contributed by atoms with Crippen LogP contribution < -0.4 is 10.2 Å². The summed E-state index contributed by atoms with van der Waals surface area (Å²) in [5.41, 5.74) is 0. The Labute approximate surface area is 199 Å². The van der Waals surface area contributed by atoms with Crippen LogP contribution in [0.1, 0.15) is 91.9 Å². The number of thioether (sulfide) groups is 2. The number of hydrogen-bond acceptors (Lipinski definition) is 6. The number of carbonyl (C=O) groups is 2. The fourth-order valence-electron chi connectivity index (χ4n) is 2.21. The van der Waals surface area contributed by atoms with Gasteiger partial charge in [0.15, 0.2) is 0 Å². The van der Waals surface area contributed by atoms with Gasteiger partial charge >= 0.3 is 31.0 Å². The van der Waals surface area contributed by atoms with Crippen LogP contribution in [0.3, 0.4) is 0 Å². The Kier molecular flexibility index (Phi) is 33.4. The van der Waals surface area contributed by atoms with Gasteiger partial charge in [0, 0.05) is 10.5 Å². The first kappa shape index (κ1) is 34.1. The van der Waals surface area contributed by atoms with Crippen molar-refractivity contribution in [3.63, 3.8) is 0 Å². The molecule has 29 heavy (non-hydrogen) atoms. The summed E-state index contributed by atoms with van der Waals surface area (Å²) in [6.07, 6.45) is 11.0. The molecule has 0 saturated heterocycles. The average Bonchev–Trinajstić information content (AvgIpc) is 2.68. The predicted octanol–water partition coefficient (Wildman–Crippen LogP) is 4.44. The molecule has 0 aliphatic rings. The Morgan fingerprint density at radius 1 is 0.690 bits per heavy atom. The molecular weight excluding hydrogens is 511 g/mol. The van der Waals surface area contributed by atoms with Gasteiger partial charge in [0.25, 0.3) is 0 Å². The number of unbranched alkanes of at least 4 members (excludes halogenated alkanes) is 6. The van der Waals surface area contributed by atoms with Crippen molar-refractivity contribution in [2.24, 2.45) is 0 Å². The molecule has 0 aliphatic heterocycles. The Bertz CT molecular complexity index is 326. The normalized spacial score (nSPS) is 11.8. The van der Waals surface area contributed by atoms with E-state index in [-0.39, 0.29) is 31.6 Å².